The fourth-order valence-corrected chi connectivity index (χ4v) is 1.86. The Morgan fingerprint density at radius 1 is 1.47 bits per heavy atom. The number of rotatable bonds is 7. The summed E-state index contributed by atoms with van der Waals surface area (Å²) in [6.07, 6.45) is 3.46. The lowest BCUT2D eigenvalue weighted by molar-refractivity contribution is 0.226. The maximum Gasteiger partial charge on any atom is 0.315 e. The van der Waals surface area contributed by atoms with Crippen LogP contribution in [-0.2, 0) is 0 Å². The normalized spacial score (nSPS) is 14.4. The Balaban J connectivity index is 3.79. The van der Waals surface area contributed by atoms with Crippen molar-refractivity contribution in [2.24, 2.45) is 0 Å². The Morgan fingerprint density at radius 2 is 2.13 bits per heavy atom. The van der Waals surface area contributed by atoms with Crippen molar-refractivity contribution in [3.05, 3.63) is 0 Å². The molecule has 0 heterocycles. The van der Waals surface area contributed by atoms with Gasteiger partial charge in [-0.2, -0.15) is 11.8 Å². The van der Waals surface area contributed by atoms with Crippen LogP contribution in [-0.4, -0.2) is 41.8 Å². The van der Waals surface area contributed by atoms with E-state index in [1.165, 1.54) is 0 Å². The minimum Gasteiger partial charge on any atom is -0.396 e. The van der Waals surface area contributed by atoms with E-state index in [-0.39, 0.29) is 24.7 Å². The predicted octanol–water partition coefficient (Wildman–Crippen LogP) is 1.20. The first-order valence-corrected chi connectivity index (χ1v) is 6.70. The molecule has 2 amide bonds. The molecule has 0 aromatic carbocycles. The van der Waals surface area contributed by atoms with Crippen LogP contribution in [0.5, 0.6) is 0 Å². The molecule has 0 aromatic rings. The highest BCUT2D eigenvalue weighted by Gasteiger charge is 2.11. The lowest BCUT2D eigenvalue weighted by Gasteiger charge is -2.18. The van der Waals surface area contributed by atoms with Crippen LogP contribution < -0.4 is 10.6 Å². The minimum absolute atomic E-state index is 0.0662. The summed E-state index contributed by atoms with van der Waals surface area (Å²) < 4.78 is 0. The fourth-order valence-electron chi connectivity index (χ4n) is 1.28. The first-order chi connectivity index (χ1) is 7.13. The van der Waals surface area contributed by atoms with Gasteiger partial charge in [0.05, 0.1) is 0 Å². The summed E-state index contributed by atoms with van der Waals surface area (Å²) >= 11 is 1.70. The lowest BCUT2D eigenvalue weighted by atomic mass is 10.2. The van der Waals surface area contributed by atoms with Crippen molar-refractivity contribution >= 4 is 17.8 Å². The predicted molar refractivity (Wildman–Crippen MR) is 65.3 cm³/mol. The molecule has 0 radical (unpaired) electrons. The first kappa shape index (κ1) is 14.6. The first-order valence-electron chi connectivity index (χ1n) is 5.30. The van der Waals surface area contributed by atoms with Crippen molar-refractivity contribution in [1.29, 1.82) is 0 Å². The van der Waals surface area contributed by atoms with Crippen molar-refractivity contribution in [3.8, 4) is 0 Å². The van der Waals surface area contributed by atoms with Gasteiger partial charge in [-0.25, -0.2) is 4.79 Å². The van der Waals surface area contributed by atoms with E-state index in [0.29, 0.717) is 6.42 Å². The topological polar surface area (TPSA) is 61.4 Å². The molecule has 0 rings (SSSR count). The third kappa shape index (κ3) is 7.50. The molecule has 0 saturated heterocycles. The average Bonchev–Trinajstić information content (AvgIpc) is 2.17. The molecule has 0 bridgehead atoms. The van der Waals surface area contributed by atoms with Crippen LogP contribution in [0.1, 0.15) is 26.7 Å². The van der Waals surface area contributed by atoms with E-state index in [1.807, 2.05) is 20.1 Å². The summed E-state index contributed by atoms with van der Waals surface area (Å²) in [4.78, 5) is 11.5. The molecule has 0 aliphatic carbocycles. The number of nitrogens with one attached hydrogen (secondary N) is 2. The highest BCUT2D eigenvalue weighted by molar-refractivity contribution is 7.98. The van der Waals surface area contributed by atoms with E-state index in [1.54, 1.807) is 11.8 Å². The van der Waals surface area contributed by atoms with Crippen LogP contribution in [0.3, 0.4) is 0 Å². The molecular weight excluding hydrogens is 212 g/mol. The monoisotopic (exact) mass is 234 g/mol. The molecule has 0 aromatic heterocycles. The van der Waals surface area contributed by atoms with Gasteiger partial charge in [0.25, 0.3) is 0 Å². The van der Waals surface area contributed by atoms with Crippen molar-refractivity contribution in [2.75, 3.05) is 18.6 Å². The van der Waals surface area contributed by atoms with Gasteiger partial charge in [0, 0.05) is 24.4 Å². The van der Waals surface area contributed by atoms with Gasteiger partial charge in [0.15, 0.2) is 0 Å². The van der Waals surface area contributed by atoms with Gasteiger partial charge in [0.1, 0.15) is 0 Å². The molecule has 0 spiro atoms. The Morgan fingerprint density at radius 3 is 2.60 bits per heavy atom. The number of hydrogen-bond donors (Lipinski definition) is 3. The number of amides is 2. The minimum atomic E-state index is -0.142. The van der Waals surface area contributed by atoms with Gasteiger partial charge in [-0.1, -0.05) is 6.92 Å². The number of carbonyl (C=O) groups is 1. The maximum atomic E-state index is 11.5. The van der Waals surface area contributed by atoms with E-state index < -0.39 is 0 Å². The summed E-state index contributed by atoms with van der Waals surface area (Å²) in [5.41, 5.74) is 0. The standard InChI is InChI=1S/C10H22N2O2S/c1-4-9(5-6-13)12-10(14)11-8(2)7-15-3/h8-9,13H,4-7H2,1-3H3,(H2,11,12,14). The smallest absolute Gasteiger partial charge is 0.315 e. The van der Waals surface area contributed by atoms with Crippen LogP contribution in [0.15, 0.2) is 0 Å². The number of aliphatic hydroxyl groups is 1. The SMILES string of the molecule is CCC(CCO)NC(=O)NC(C)CSC. The molecule has 0 aliphatic rings. The van der Waals surface area contributed by atoms with E-state index in [2.05, 4.69) is 10.6 Å². The van der Waals surface area contributed by atoms with E-state index in [0.717, 1.165) is 12.2 Å². The number of hydrogen-bond acceptors (Lipinski definition) is 3. The number of thioether (sulfide) groups is 1. The number of carbonyl (C=O) groups excluding carboxylic acids is 1. The van der Waals surface area contributed by atoms with Gasteiger partial charge in [-0.15, -0.1) is 0 Å². The van der Waals surface area contributed by atoms with Gasteiger partial charge in [-0.05, 0) is 26.0 Å². The Labute approximate surface area is 96.2 Å². The second kappa shape index (κ2) is 8.85. The fraction of sp³-hybridized carbons (Fsp3) is 0.900. The molecular formula is C10H22N2O2S. The molecule has 0 fully saturated rings. The highest BCUT2D eigenvalue weighted by atomic mass is 32.2. The largest absolute Gasteiger partial charge is 0.396 e. The van der Waals surface area contributed by atoms with Gasteiger partial charge >= 0.3 is 6.03 Å². The zero-order valence-electron chi connectivity index (χ0n) is 9.75. The summed E-state index contributed by atoms with van der Waals surface area (Å²) in [7, 11) is 0. The van der Waals surface area contributed by atoms with E-state index >= 15 is 0 Å². The molecule has 0 saturated carbocycles. The van der Waals surface area contributed by atoms with Gasteiger partial charge in [0.2, 0.25) is 0 Å². The summed E-state index contributed by atoms with van der Waals surface area (Å²) in [6.45, 7) is 4.08. The van der Waals surface area contributed by atoms with Crippen molar-refractivity contribution in [2.45, 2.75) is 38.8 Å². The number of aliphatic hydroxyl groups excluding tert-OH is 1. The molecule has 3 N–H and O–H groups in total. The maximum absolute atomic E-state index is 11.5. The summed E-state index contributed by atoms with van der Waals surface area (Å²) in [5, 5.41) is 14.5. The zero-order chi connectivity index (χ0) is 11.7. The van der Waals surface area contributed by atoms with Crippen LogP contribution >= 0.6 is 11.8 Å². The number of urea groups is 1. The van der Waals surface area contributed by atoms with Crippen LogP contribution in [0.4, 0.5) is 4.79 Å². The van der Waals surface area contributed by atoms with Gasteiger partial charge < -0.3 is 15.7 Å². The molecule has 2 atom stereocenters. The quantitative estimate of drug-likeness (QED) is 0.620. The highest BCUT2D eigenvalue weighted by Crippen LogP contribution is 1.98. The third-order valence-corrected chi connectivity index (χ3v) is 2.93. The summed E-state index contributed by atoms with van der Waals surface area (Å²) in [5.74, 6) is 0.907. The second-order valence-electron chi connectivity index (χ2n) is 3.59. The van der Waals surface area contributed by atoms with E-state index in [4.69, 9.17) is 5.11 Å². The molecule has 4 nitrogen and oxygen atoms in total. The molecule has 0 aliphatic heterocycles. The Hall–Kier alpha value is -0.420. The van der Waals surface area contributed by atoms with E-state index in [9.17, 15) is 4.79 Å². The zero-order valence-corrected chi connectivity index (χ0v) is 10.6. The van der Waals surface area contributed by atoms with Crippen LogP contribution in [0, 0.1) is 0 Å². The molecule has 5 heteroatoms. The second-order valence-corrected chi connectivity index (χ2v) is 4.50. The van der Waals surface area contributed by atoms with Crippen molar-refractivity contribution < 1.29 is 9.90 Å². The molecule has 15 heavy (non-hydrogen) atoms. The third-order valence-electron chi connectivity index (χ3n) is 2.10. The lowest BCUT2D eigenvalue weighted by Crippen LogP contribution is -2.46. The van der Waals surface area contributed by atoms with Crippen molar-refractivity contribution in [1.82, 2.24) is 10.6 Å². The average molecular weight is 234 g/mol. The van der Waals surface area contributed by atoms with Crippen LogP contribution in [0.25, 0.3) is 0 Å². The van der Waals surface area contributed by atoms with Crippen LogP contribution in [0.2, 0.25) is 0 Å². The van der Waals surface area contributed by atoms with Gasteiger partial charge in [-0.3, -0.25) is 0 Å². The van der Waals surface area contributed by atoms with Crippen molar-refractivity contribution in [3.63, 3.8) is 0 Å². The molecule has 90 valence electrons. The Kier molecular flexibility index (Phi) is 8.61. The molecule has 2 unspecified atom stereocenters. The Bertz CT molecular complexity index is 179. The summed E-state index contributed by atoms with van der Waals surface area (Å²) in [6, 6.07) is 0.0972.